The summed E-state index contributed by atoms with van der Waals surface area (Å²) in [6.07, 6.45) is 3.10. The van der Waals surface area contributed by atoms with E-state index in [1.807, 2.05) is 6.07 Å². The summed E-state index contributed by atoms with van der Waals surface area (Å²) in [5, 5.41) is 0.0329. The number of rotatable bonds is 3. The summed E-state index contributed by atoms with van der Waals surface area (Å²) in [7, 11) is 0. The lowest BCUT2D eigenvalue weighted by Crippen LogP contribution is -2.03. The minimum Gasteiger partial charge on any atom is -0.462 e. The van der Waals surface area contributed by atoms with Crippen LogP contribution in [0.15, 0.2) is 29.4 Å². The van der Waals surface area contributed by atoms with E-state index < -0.39 is 5.97 Å². The number of halogens is 1. The number of nitrogens with zero attached hydrogens (tertiary/aromatic N) is 1. The summed E-state index contributed by atoms with van der Waals surface area (Å²) in [6, 6.07) is 5.35. The molecule has 0 aliphatic carbocycles. The van der Waals surface area contributed by atoms with E-state index in [1.54, 1.807) is 25.3 Å². The zero-order chi connectivity index (χ0) is 10.4. The maximum absolute atomic E-state index is 11.1. The third-order valence-corrected chi connectivity index (χ3v) is 1.70. The Morgan fingerprint density at radius 3 is 3.00 bits per heavy atom. The second-order valence-corrected chi connectivity index (χ2v) is 2.87. The van der Waals surface area contributed by atoms with Gasteiger partial charge in [0.2, 0.25) is 0 Å². The van der Waals surface area contributed by atoms with Gasteiger partial charge in [0.1, 0.15) is 5.03 Å². The molecule has 0 spiro atoms. The second kappa shape index (κ2) is 5.40. The van der Waals surface area contributed by atoms with E-state index in [-0.39, 0.29) is 5.03 Å². The Morgan fingerprint density at radius 2 is 2.43 bits per heavy atom. The second-order valence-electron chi connectivity index (χ2n) is 2.47. The molecule has 3 nitrogen and oxygen atoms in total. The van der Waals surface area contributed by atoms with Crippen LogP contribution in [0.2, 0.25) is 0 Å². The molecular formula is C10H10ClNO2. The lowest BCUT2D eigenvalue weighted by molar-refractivity contribution is -0.137. The number of ether oxygens (including phenoxy) is 1. The van der Waals surface area contributed by atoms with Crippen LogP contribution in [0.4, 0.5) is 0 Å². The average Bonchev–Trinajstić information content (AvgIpc) is 2.19. The molecule has 0 saturated heterocycles. The van der Waals surface area contributed by atoms with Gasteiger partial charge in [-0.3, -0.25) is 4.98 Å². The summed E-state index contributed by atoms with van der Waals surface area (Å²) in [4.78, 5) is 15.1. The molecule has 0 aromatic carbocycles. The van der Waals surface area contributed by atoms with Crippen molar-refractivity contribution in [3.05, 3.63) is 35.1 Å². The molecule has 0 saturated carbocycles. The monoisotopic (exact) mass is 211 g/mol. The van der Waals surface area contributed by atoms with Crippen molar-refractivity contribution in [1.29, 1.82) is 0 Å². The predicted octanol–water partition coefficient (Wildman–Crippen LogP) is 2.22. The van der Waals surface area contributed by atoms with Gasteiger partial charge in [-0.15, -0.1) is 0 Å². The van der Waals surface area contributed by atoms with Crippen molar-refractivity contribution in [2.75, 3.05) is 6.61 Å². The molecule has 0 bridgehead atoms. The molecule has 4 heteroatoms. The third kappa shape index (κ3) is 3.18. The van der Waals surface area contributed by atoms with E-state index in [0.717, 1.165) is 0 Å². The van der Waals surface area contributed by atoms with Gasteiger partial charge in [-0.2, -0.15) is 0 Å². The Kier molecular flexibility index (Phi) is 4.13. The van der Waals surface area contributed by atoms with Crippen LogP contribution in [0.1, 0.15) is 12.6 Å². The largest absolute Gasteiger partial charge is 0.462 e. The number of hydrogen-bond acceptors (Lipinski definition) is 3. The highest BCUT2D eigenvalue weighted by atomic mass is 35.5. The minimum absolute atomic E-state index is 0.0329. The molecule has 0 aliphatic heterocycles. The fourth-order valence-corrected chi connectivity index (χ4v) is 1.02. The maximum atomic E-state index is 11.1. The van der Waals surface area contributed by atoms with Gasteiger partial charge in [-0.1, -0.05) is 17.7 Å². The van der Waals surface area contributed by atoms with Crippen molar-refractivity contribution >= 4 is 23.6 Å². The van der Waals surface area contributed by atoms with Crippen LogP contribution in [0.3, 0.4) is 0 Å². The Hall–Kier alpha value is -1.35. The van der Waals surface area contributed by atoms with Crippen molar-refractivity contribution < 1.29 is 9.53 Å². The predicted molar refractivity (Wildman–Crippen MR) is 54.7 cm³/mol. The molecule has 0 unspecified atom stereocenters. The summed E-state index contributed by atoms with van der Waals surface area (Å²) < 4.78 is 4.71. The van der Waals surface area contributed by atoms with Crippen LogP contribution in [0.5, 0.6) is 0 Å². The molecule has 0 aliphatic rings. The normalized spacial score (nSPS) is 11.1. The fourth-order valence-electron chi connectivity index (χ4n) is 0.850. The Bertz CT molecular complexity index is 335. The smallest absolute Gasteiger partial charge is 0.349 e. The van der Waals surface area contributed by atoms with Crippen molar-refractivity contribution in [3.63, 3.8) is 0 Å². The van der Waals surface area contributed by atoms with Gasteiger partial charge in [0, 0.05) is 6.20 Å². The molecule has 0 amide bonds. The van der Waals surface area contributed by atoms with Crippen LogP contribution in [-0.4, -0.2) is 17.6 Å². The molecule has 1 aromatic rings. The first-order valence-corrected chi connectivity index (χ1v) is 4.57. The van der Waals surface area contributed by atoms with Crippen molar-refractivity contribution in [2.45, 2.75) is 6.92 Å². The van der Waals surface area contributed by atoms with E-state index in [2.05, 4.69) is 4.98 Å². The number of pyridine rings is 1. The van der Waals surface area contributed by atoms with E-state index in [4.69, 9.17) is 16.3 Å². The molecule has 1 rings (SSSR count). The minimum atomic E-state index is -0.528. The zero-order valence-electron chi connectivity index (χ0n) is 7.74. The molecular weight excluding hydrogens is 202 g/mol. The molecule has 1 heterocycles. The topological polar surface area (TPSA) is 39.2 Å². The van der Waals surface area contributed by atoms with Crippen molar-refractivity contribution in [3.8, 4) is 0 Å². The highest BCUT2D eigenvalue weighted by Crippen LogP contribution is 2.09. The summed E-state index contributed by atoms with van der Waals surface area (Å²) in [5.41, 5.74) is 0.630. The average molecular weight is 212 g/mol. The van der Waals surface area contributed by atoms with Crippen LogP contribution >= 0.6 is 11.6 Å². The van der Waals surface area contributed by atoms with Gasteiger partial charge in [-0.05, 0) is 25.1 Å². The summed E-state index contributed by atoms with van der Waals surface area (Å²) in [5.74, 6) is -0.528. The number of esters is 1. The number of aromatic nitrogens is 1. The van der Waals surface area contributed by atoms with Gasteiger partial charge in [-0.25, -0.2) is 4.79 Å². The molecule has 0 atom stereocenters. The number of carbonyl (C=O) groups excluding carboxylic acids is 1. The van der Waals surface area contributed by atoms with Crippen LogP contribution < -0.4 is 0 Å². The third-order valence-electron chi connectivity index (χ3n) is 1.43. The maximum Gasteiger partial charge on any atom is 0.349 e. The lowest BCUT2D eigenvalue weighted by Gasteiger charge is -1.98. The van der Waals surface area contributed by atoms with Crippen LogP contribution in [-0.2, 0) is 9.53 Å². The number of carbonyl (C=O) groups is 1. The fraction of sp³-hybridized carbons (Fsp3) is 0.200. The molecule has 74 valence electrons. The first-order valence-electron chi connectivity index (χ1n) is 4.19. The molecule has 0 radical (unpaired) electrons. The molecule has 14 heavy (non-hydrogen) atoms. The SMILES string of the molecule is CCOC(=O)/C(Cl)=C/c1ccccn1. The Morgan fingerprint density at radius 1 is 1.64 bits per heavy atom. The first kappa shape index (κ1) is 10.7. The Balaban J connectivity index is 2.74. The first-order chi connectivity index (χ1) is 6.74. The van der Waals surface area contributed by atoms with Crippen molar-refractivity contribution in [2.24, 2.45) is 0 Å². The van der Waals surface area contributed by atoms with Gasteiger partial charge in [0.15, 0.2) is 0 Å². The quantitative estimate of drug-likeness (QED) is 0.569. The molecule has 0 N–H and O–H groups in total. The van der Waals surface area contributed by atoms with E-state index >= 15 is 0 Å². The lowest BCUT2D eigenvalue weighted by atomic mass is 10.3. The van der Waals surface area contributed by atoms with Gasteiger partial charge in [0.25, 0.3) is 0 Å². The van der Waals surface area contributed by atoms with Gasteiger partial charge < -0.3 is 4.74 Å². The van der Waals surface area contributed by atoms with Crippen LogP contribution in [0.25, 0.3) is 6.08 Å². The standard InChI is InChI=1S/C10H10ClNO2/c1-2-14-10(13)9(11)7-8-5-3-4-6-12-8/h3-7H,2H2,1H3/b9-7-. The van der Waals surface area contributed by atoms with E-state index in [0.29, 0.717) is 12.3 Å². The highest BCUT2D eigenvalue weighted by Gasteiger charge is 2.06. The van der Waals surface area contributed by atoms with Gasteiger partial charge >= 0.3 is 5.97 Å². The van der Waals surface area contributed by atoms with Crippen molar-refractivity contribution in [1.82, 2.24) is 4.98 Å². The van der Waals surface area contributed by atoms with Crippen LogP contribution in [0, 0.1) is 0 Å². The summed E-state index contributed by atoms with van der Waals surface area (Å²) in [6.45, 7) is 2.04. The molecule has 1 aromatic heterocycles. The zero-order valence-corrected chi connectivity index (χ0v) is 8.49. The molecule has 0 fully saturated rings. The highest BCUT2D eigenvalue weighted by molar-refractivity contribution is 6.43. The van der Waals surface area contributed by atoms with E-state index in [1.165, 1.54) is 6.08 Å². The van der Waals surface area contributed by atoms with Gasteiger partial charge in [0.05, 0.1) is 12.3 Å². The summed E-state index contributed by atoms with van der Waals surface area (Å²) >= 11 is 5.69. The number of hydrogen-bond donors (Lipinski definition) is 0. The van der Waals surface area contributed by atoms with E-state index in [9.17, 15) is 4.79 Å². The Labute approximate surface area is 87.4 Å².